The number of aromatic amines is 1. The molecule has 0 bridgehead atoms. The summed E-state index contributed by atoms with van der Waals surface area (Å²) >= 11 is 6.11. The lowest BCUT2D eigenvalue weighted by atomic mass is 10.0. The first-order valence-corrected chi connectivity index (χ1v) is 7.87. The van der Waals surface area contributed by atoms with Crippen LogP contribution in [0.25, 0.3) is 0 Å². The normalized spacial score (nSPS) is 18.5. The van der Waals surface area contributed by atoms with Crippen molar-refractivity contribution in [3.63, 3.8) is 0 Å². The Morgan fingerprint density at radius 1 is 1.32 bits per heavy atom. The number of H-pyrrole nitrogens is 1. The number of halogens is 1. The summed E-state index contributed by atoms with van der Waals surface area (Å²) in [5.74, 6) is 0.0528. The molecule has 1 aromatic carbocycles. The molecule has 0 aliphatic carbocycles. The van der Waals surface area contributed by atoms with Gasteiger partial charge in [-0.15, -0.1) is 0 Å². The summed E-state index contributed by atoms with van der Waals surface area (Å²) in [6.45, 7) is 6.17. The van der Waals surface area contributed by atoms with Crippen molar-refractivity contribution < 1.29 is 4.79 Å². The minimum atomic E-state index is 0.00274. The van der Waals surface area contributed by atoms with Gasteiger partial charge in [0, 0.05) is 30.4 Å². The van der Waals surface area contributed by atoms with Gasteiger partial charge >= 0.3 is 0 Å². The summed E-state index contributed by atoms with van der Waals surface area (Å²) in [6, 6.07) is 9.75. The number of hydrogen-bond acceptors (Lipinski definition) is 2. The molecule has 2 aromatic rings. The smallest absolute Gasteiger partial charge is 0.271 e. The van der Waals surface area contributed by atoms with Crippen LogP contribution in [0.5, 0.6) is 0 Å². The number of aryl methyl sites for hydroxylation is 2. The van der Waals surface area contributed by atoms with Gasteiger partial charge in [0.25, 0.3) is 5.91 Å². The van der Waals surface area contributed by atoms with Crippen LogP contribution in [0.3, 0.4) is 0 Å². The zero-order valence-corrected chi connectivity index (χ0v) is 13.6. The number of nitrogens with one attached hydrogen (secondary N) is 2. The number of carbonyl (C=O) groups is 1. The van der Waals surface area contributed by atoms with Crippen molar-refractivity contribution in [2.24, 2.45) is 0 Å². The fourth-order valence-corrected chi connectivity index (χ4v) is 3.25. The number of piperazine rings is 1. The monoisotopic (exact) mass is 317 g/mol. The van der Waals surface area contributed by atoms with E-state index in [0.717, 1.165) is 29.9 Å². The Morgan fingerprint density at radius 3 is 2.82 bits per heavy atom. The number of amides is 1. The molecule has 1 unspecified atom stereocenters. The first-order valence-electron chi connectivity index (χ1n) is 7.49. The average Bonchev–Trinajstić information content (AvgIpc) is 2.85. The van der Waals surface area contributed by atoms with Gasteiger partial charge < -0.3 is 15.2 Å². The second-order valence-corrected chi connectivity index (χ2v) is 6.22. The van der Waals surface area contributed by atoms with Crippen molar-refractivity contribution in [3.05, 3.63) is 57.9 Å². The van der Waals surface area contributed by atoms with Crippen molar-refractivity contribution in [3.8, 4) is 0 Å². The number of hydrogen-bond donors (Lipinski definition) is 2. The molecule has 0 spiro atoms. The van der Waals surface area contributed by atoms with Gasteiger partial charge in [0.1, 0.15) is 5.69 Å². The van der Waals surface area contributed by atoms with Gasteiger partial charge in [-0.25, -0.2) is 0 Å². The Balaban J connectivity index is 1.92. The van der Waals surface area contributed by atoms with Crippen LogP contribution in [0.2, 0.25) is 5.02 Å². The molecule has 4 nitrogen and oxygen atoms in total. The van der Waals surface area contributed by atoms with E-state index in [1.165, 1.54) is 0 Å². The molecule has 1 amide bonds. The molecule has 1 fully saturated rings. The maximum atomic E-state index is 12.9. The van der Waals surface area contributed by atoms with Gasteiger partial charge in [-0.2, -0.15) is 0 Å². The first kappa shape index (κ1) is 15.1. The summed E-state index contributed by atoms with van der Waals surface area (Å²) in [7, 11) is 0. The van der Waals surface area contributed by atoms with E-state index >= 15 is 0 Å². The van der Waals surface area contributed by atoms with Crippen LogP contribution in [0.1, 0.15) is 33.4 Å². The fourth-order valence-electron chi connectivity index (χ4n) is 3.05. The lowest BCUT2D eigenvalue weighted by Crippen LogP contribution is -2.48. The van der Waals surface area contributed by atoms with Crippen LogP contribution in [-0.2, 0) is 0 Å². The molecule has 3 rings (SSSR count). The molecule has 116 valence electrons. The SMILES string of the molecule is Cc1cc(C)c(C(=O)N2CCNCC2c2cccc(Cl)c2)[nH]1. The van der Waals surface area contributed by atoms with Crippen LogP contribution < -0.4 is 5.32 Å². The molecular weight excluding hydrogens is 298 g/mol. The summed E-state index contributed by atoms with van der Waals surface area (Å²) in [5.41, 5.74) is 3.75. The Hall–Kier alpha value is -1.78. The molecule has 1 aliphatic heterocycles. The van der Waals surface area contributed by atoms with Gasteiger partial charge in [0.2, 0.25) is 0 Å². The number of benzene rings is 1. The van der Waals surface area contributed by atoms with Gasteiger partial charge in [0.15, 0.2) is 0 Å². The number of nitrogens with zero attached hydrogens (tertiary/aromatic N) is 1. The van der Waals surface area contributed by atoms with E-state index < -0.39 is 0 Å². The summed E-state index contributed by atoms with van der Waals surface area (Å²) in [4.78, 5) is 18.1. The van der Waals surface area contributed by atoms with Crippen LogP contribution in [-0.4, -0.2) is 35.4 Å². The van der Waals surface area contributed by atoms with E-state index in [1.54, 1.807) is 0 Å². The number of aromatic nitrogens is 1. The molecule has 5 heteroatoms. The third-order valence-corrected chi connectivity index (χ3v) is 4.34. The highest BCUT2D eigenvalue weighted by molar-refractivity contribution is 6.30. The standard InChI is InChI=1S/C17H20ClN3O/c1-11-8-12(2)20-16(11)17(22)21-7-6-19-10-15(21)13-4-3-5-14(18)9-13/h3-5,8-9,15,19-20H,6-7,10H2,1-2H3. The molecular formula is C17H20ClN3O. The average molecular weight is 318 g/mol. The summed E-state index contributed by atoms with van der Waals surface area (Å²) in [6.07, 6.45) is 0. The molecule has 1 aromatic heterocycles. The van der Waals surface area contributed by atoms with Crippen molar-refractivity contribution in [1.82, 2.24) is 15.2 Å². The molecule has 2 N–H and O–H groups in total. The number of rotatable bonds is 2. The van der Waals surface area contributed by atoms with Gasteiger partial charge in [0.05, 0.1) is 6.04 Å². The van der Waals surface area contributed by atoms with Gasteiger partial charge in [-0.05, 0) is 43.2 Å². The topological polar surface area (TPSA) is 48.1 Å². The lowest BCUT2D eigenvalue weighted by Gasteiger charge is -2.36. The zero-order chi connectivity index (χ0) is 15.7. The quantitative estimate of drug-likeness (QED) is 0.894. The van der Waals surface area contributed by atoms with Crippen molar-refractivity contribution in [2.75, 3.05) is 19.6 Å². The van der Waals surface area contributed by atoms with E-state index in [2.05, 4.69) is 10.3 Å². The van der Waals surface area contributed by atoms with Crippen LogP contribution >= 0.6 is 11.6 Å². The third kappa shape index (κ3) is 2.89. The lowest BCUT2D eigenvalue weighted by molar-refractivity contribution is 0.0628. The van der Waals surface area contributed by atoms with Crippen molar-refractivity contribution >= 4 is 17.5 Å². The molecule has 22 heavy (non-hydrogen) atoms. The predicted octanol–water partition coefficient (Wildman–Crippen LogP) is 3.07. The Morgan fingerprint density at radius 2 is 2.14 bits per heavy atom. The van der Waals surface area contributed by atoms with E-state index in [1.807, 2.05) is 49.1 Å². The Kier molecular flexibility index (Phi) is 4.23. The highest BCUT2D eigenvalue weighted by Gasteiger charge is 2.30. The molecule has 0 radical (unpaired) electrons. The van der Waals surface area contributed by atoms with Gasteiger partial charge in [-0.1, -0.05) is 23.7 Å². The van der Waals surface area contributed by atoms with E-state index in [-0.39, 0.29) is 11.9 Å². The molecule has 1 atom stereocenters. The van der Waals surface area contributed by atoms with Crippen LogP contribution in [0.15, 0.2) is 30.3 Å². The molecule has 0 saturated carbocycles. The highest BCUT2D eigenvalue weighted by Crippen LogP contribution is 2.26. The highest BCUT2D eigenvalue weighted by atomic mass is 35.5. The minimum Gasteiger partial charge on any atom is -0.354 e. The van der Waals surface area contributed by atoms with Crippen LogP contribution in [0.4, 0.5) is 0 Å². The first-order chi connectivity index (χ1) is 10.6. The molecule has 2 heterocycles. The van der Waals surface area contributed by atoms with Crippen molar-refractivity contribution in [1.29, 1.82) is 0 Å². The van der Waals surface area contributed by atoms with Gasteiger partial charge in [-0.3, -0.25) is 4.79 Å². The fraction of sp³-hybridized carbons (Fsp3) is 0.353. The summed E-state index contributed by atoms with van der Waals surface area (Å²) in [5, 5.41) is 4.06. The Bertz CT molecular complexity index is 695. The minimum absolute atomic E-state index is 0.00274. The summed E-state index contributed by atoms with van der Waals surface area (Å²) < 4.78 is 0. The maximum absolute atomic E-state index is 12.9. The zero-order valence-electron chi connectivity index (χ0n) is 12.8. The second kappa shape index (κ2) is 6.15. The van der Waals surface area contributed by atoms with Crippen molar-refractivity contribution in [2.45, 2.75) is 19.9 Å². The Labute approximate surface area is 135 Å². The van der Waals surface area contributed by atoms with E-state index in [0.29, 0.717) is 17.3 Å². The van der Waals surface area contributed by atoms with E-state index in [4.69, 9.17) is 11.6 Å². The number of carbonyl (C=O) groups excluding carboxylic acids is 1. The van der Waals surface area contributed by atoms with Crippen LogP contribution in [0, 0.1) is 13.8 Å². The third-order valence-electron chi connectivity index (χ3n) is 4.10. The molecule has 1 aliphatic rings. The second-order valence-electron chi connectivity index (χ2n) is 5.78. The van der Waals surface area contributed by atoms with E-state index in [9.17, 15) is 4.79 Å². The maximum Gasteiger partial charge on any atom is 0.271 e. The molecule has 1 saturated heterocycles. The largest absolute Gasteiger partial charge is 0.354 e. The predicted molar refractivity (Wildman–Crippen MR) is 88.4 cm³/mol.